The number of rotatable bonds is 29. The number of hydrogen-bond donors (Lipinski definition) is 12. The second-order valence-corrected chi connectivity index (χ2v) is 18.3. The second kappa shape index (κ2) is 28.6. The average Bonchev–Trinajstić information content (AvgIpc) is 4.03. The fourth-order valence-electron chi connectivity index (χ4n) is 8.22. The Morgan fingerprint density at radius 2 is 1.34 bits per heavy atom. The molecule has 388 valence electrons. The summed E-state index contributed by atoms with van der Waals surface area (Å²) >= 11 is 0. The second-order valence-electron chi connectivity index (χ2n) is 18.3. The predicted molar refractivity (Wildman–Crippen MR) is 256 cm³/mol. The van der Waals surface area contributed by atoms with Gasteiger partial charge in [0.05, 0.1) is 12.5 Å². The molecular formula is C46H73N13O11. The Hall–Kier alpha value is -6.85. The topological polar surface area (TPSA) is 395 Å². The van der Waals surface area contributed by atoms with Crippen molar-refractivity contribution in [2.75, 3.05) is 19.6 Å². The minimum atomic E-state index is -1.70. The van der Waals surface area contributed by atoms with Crippen LogP contribution in [0.4, 0.5) is 0 Å². The van der Waals surface area contributed by atoms with Crippen LogP contribution in [0.2, 0.25) is 0 Å². The van der Waals surface area contributed by atoms with Crippen molar-refractivity contribution in [3.05, 3.63) is 35.9 Å². The van der Waals surface area contributed by atoms with E-state index >= 15 is 0 Å². The van der Waals surface area contributed by atoms with Gasteiger partial charge in [0.25, 0.3) is 0 Å². The molecule has 16 N–H and O–H groups in total. The fraction of sp³-hybridized carbons (Fsp3) is 0.630. The van der Waals surface area contributed by atoms with Crippen LogP contribution in [0.1, 0.15) is 104 Å². The smallest absolute Gasteiger partial charge is 0.305 e. The monoisotopic (exact) mass is 984 g/mol. The van der Waals surface area contributed by atoms with Crippen molar-refractivity contribution in [2.24, 2.45) is 39.8 Å². The van der Waals surface area contributed by atoms with Gasteiger partial charge in [-0.2, -0.15) is 0 Å². The number of nitrogens with two attached hydrogens (primary N) is 4. The summed E-state index contributed by atoms with van der Waals surface area (Å²) in [6.07, 6.45) is 1.00. The van der Waals surface area contributed by atoms with E-state index in [9.17, 15) is 53.1 Å². The van der Waals surface area contributed by atoms with E-state index in [1.807, 2.05) is 20.8 Å². The van der Waals surface area contributed by atoms with Crippen molar-refractivity contribution < 1.29 is 53.1 Å². The van der Waals surface area contributed by atoms with E-state index in [0.717, 1.165) is 11.3 Å². The van der Waals surface area contributed by atoms with Crippen LogP contribution in [-0.4, -0.2) is 143 Å². The van der Waals surface area contributed by atoms with Crippen LogP contribution in [0.3, 0.4) is 0 Å². The molecule has 2 saturated heterocycles. The minimum Gasteiger partial charge on any atom is -0.481 e. The normalized spacial score (nSPS) is 18.4. The standard InChI is InChI=1S/C46H73N13O11/c1-5-26(4)37(38(48)63)58-41(66)29(15-10-20-52-46(49)50)53-42(67)31(22-25(2)3)55-43(68)32(23-27-12-7-6-8-13-27)56-44(69)34-16-11-21-59(34)45(70)33(24-36(61)62)57-40(65)30(17-18-35(47)60)54-39(64)28-14-9-19-51-28/h6-8,12-13,25-26,28-34,37,51H,5,9-11,14-24H2,1-4H3,(H2,47,60)(H2,48,63)(H,53,67)(H,54,64)(H,55,68)(H,56,69)(H,57,65)(H,58,66)(H,61,62)(H4,49,50,52)/t26-,28-,29-,30-,31-,32-,33-,34-,37-/m0/s1. The Morgan fingerprint density at radius 3 is 1.93 bits per heavy atom. The van der Waals surface area contributed by atoms with Crippen molar-refractivity contribution in [2.45, 2.75) is 153 Å². The zero-order valence-corrected chi connectivity index (χ0v) is 40.5. The van der Waals surface area contributed by atoms with Gasteiger partial charge in [-0.1, -0.05) is 64.4 Å². The van der Waals surface area contributed by atoms with Crippen LogP contribution in [0, 0.1) is 11.8 Å². The lowest BCUT2D eigenvalue weighted by Gasteiger charge is -2.31. The maximum absolute atomic E-state index is 14.4. The molecule has 70 heavy (non-hydrogen) atoms. The van der Waals surface area contributed by atoms with Crippen LogP contribution >= 0.6 is 0 Å². The van der Waals surface area contributed by atoms with Gasteiger partial charge in [-0.3, -0.25) is 52.9 Å². The van der Waals surface area contributed by atoms with Gasteiger partial charge in [-0.05, 0) is 75.3 Å². The lowest BCUT2D eigenvalue weighted by molar-refractivity contribution is -0.146. The van der Waals surface area contributed by atoms with Gasteiger partial charge in [0, 0.05) is 25.9 Å². The highest BCUT2D eigenvalue weighted by Crippen LogP contribution is 2.21. The Kier molecular flexibility index (Phi) is 23.5. The molecule has 3 rings (SSSR count). The zero-order valence-electron chi connectivity index (χ0n) is 40.5. The third-order valence-corrected chi connectivity index (χ3v) is 12.2. The Balaban J connectivity index is 1.88. The summed E-state index contributed by atoms with van der Waals surface area (Å²) < 4.78 is 0. The lowest BCUT2D eigenvalue weighted by atomic mass is 9.97. The molecule has 0 spiro atoms. The van der Waals surface area contributed by atoms with Crippen molar-refractivity contribution in [3.8, 4) is 0 Å². The summed E-state index contributed by atoms with van der Waals surface area (Å²) in [6.45, 7) is 7.88. The van der Waals surface area contributed by atoms with Crippen molar-refractivity contribution in [3.63, 3.8) is 0 Å². The first-order valence-corrected chi connectivity index (χ1v) is 23.9. The summed E-state index contributed by atoms with van der Waals surface area (Å²) in [5.41, 5.74) is 22.5. The number of nitrogens with one attached hydrogen (secondary N) is 7. The van der Waals surface area contributed by atoms with Gasteiger partial charge >= 0.3 is 5.97 Å². The van der Waals surface area contributed by atoms with Crippen LogP contribution in [-0.2, 0) is 54.4 Å². The third-order valence-electron chi connectivity index (χ3n) is 12.2. The van der Waals surface area contributed by atoms with Crippen LogP contribution in [0.5, 0.6) is 0 Å². The number of carbonyl (C=O) groups is 10. The number of likely N-dealkylation sites (tertiary alicyclic amines) is 1. The predicted octanol–water partition coefficient (Wildman–Crippen LogP) is -2.75. The van der Waals surface area contributed by atoms with E-state index in [0.29, 0.717) is 31.4 Å². The Morgan fingerprint density at radius 1 is 0.743 bits per heavy atom. The number of aliphatic imine (C=N–C) groups is 1. The summed E-state index contributed by atoms with van der Waals surface area (Å²) in [5, 5.41) is 28.6. The van der Waals surface area contributed by atoms with Crippen molar-refractivity contribution in [1.82, 2.24) is 42.1 Å². The summed E-state index contributed by atoms with van der Waals surface area (Å²) in [4.78, 5) is 138. The lowest BCUT2D eigenvalue weighted by Crippen LogP contribution is -2.60. The molecule has 2 heterocycles. The number of hydrogen-bond acceptors (Lipinski definition) is 12. The molecule has 24 nitrogen and oxygen atoms in total. The summed E-state index contributed by atoms with van der Waals surface area (Å²) in [6, 6.07) is -1.05. The van der Waals surface area contributed by atoms with Crippen molar-refractivity contribution in [1.29, 1.82) is 0 Å². The quantitative estimate of drug-likeness (QED) is 0.0220. The van der Waals surface area contributed by atoms with Crippen molar-refractivity contribution >= 4 is 65.1 Å². The highest BCUT2D eigenvalue weighted by atomic mass is 16.4. The molecule has 0 aliphatic carbocycles. The first-order valence-electron chi connectivity index (χ1n) is 23.9. The molecule has 2 aliphatic heterocycles. The SMILES string of the molecule is CC[C@H](C)[C@H](NC(=O)[C@H](CCCN=C(N)N)NC(=O)[C@H](CC(C)C)NC(=O)[C@H](Cc1ccccc1)NC(=O)[C@@H]1CCCN1C(=O)[C@H](CC(=O)O)NC(=O)[C@H](CCC(N)=O)NC(=O)[C@@H]1CCCN1)C(N)=O. The zero-order chi connectivity index (χ0) is 52.1. The first kappa shape index (κ1) is 57.5. The molecule has 9 atom stereocenters. The number of primary amides is 2. The highest BCUT2D eigenvalue weighted by molar-refractivity contribution is 5.99. The number of amides is 9. The van der Waals surface area contributed by atoms with Gasteiger partial charge in [0.1, 0.15) is 42.3 Å². The number of nitrogens with zero attached hydrogens (tertiary/aromatic N) is 2. The molecule has 2 aliphatic rings. The Bertz CT molecular complexity index is 2030. The number of carboxylic acids is 1. The third kappa shape index (κ3) is 18.9. The van der Waals surface area contributed by atoms with Gasteiger partial charge in [0.15, 0.2) is 5.96 Å². The molecule has 24 heteroatoms. The van der Waals surface area contributed by atoms with Gasteiger partial charge in [-0.25, -0.2) is 0 Å². The maximum Gasteiger partial charge on any atom is 0.305 e. The molecule has 2 fully saturated rings. The fourth-order valence-corrected chi connectivity index (χ4v) is 8.22. The van der Waals surface area contributed by atoms with E-state index in [4.69, 9.17) is 22.9 Å². The van der Waals surface area contributed by atoms with Gasteiger partial charge in [-0.15, -0.1) is 0 Å². The van der Waals surface area contributed by atoms with Crippen LogP contribution in [0.25, 0.3) is 0 Å². The van der Waals surface area contributed by atoms with Gasteiger partial charge in [0.2, 0.25) is 53.2 Å². The minimum absolute atomic E-state index is 0.0114. The van der Waals surface area contributed by atoms with E-state index < -0.39 is 114 Å². The first-order chi connectivity index (χ1) is 33.1. The van der Waals surface area contributed by atoms with E-state index in [-0.39, 0.29) is 75.8 Å². The molecule has 0 radical (unpaired) electrons. The Labute approximate surface area is 407 Å². The van der Waals surface area contributed by atoms with E-state index in [1.54, 1.807) is 37.3 Å². The van der Waals surface area contributed by atoms with Crippen LogP contribution in [0.15, 0.2) is 35.3 Å². The molecule has 0 unspecified atom stereocenters. The molecule has 0 aromatic heterocycles. The molecule has 1 aromatic carbocycles. The molecular weight excluding hydrogens is 911 g/mol. The number of aliphatic carboxylic acids is 1. The molecule has 0 bridgehead atoms. The van der Waals surface area contributed by atoms with E-state index in [2.05, 4.69) is 42.2 Å². The van der Waals surface area contributed by atoms with Gasteiger partial charge < -0.3 is 70.2 Å². The highest BCUT2D eigenvalue weighted by Gasteiger charge is 2.41. The number of benzene rings is 1. The number of guanidine groups is 1. The summed E-state index contributed by atoms with van der Waals surface area (Å²) in [5.74, 6) is -9.00. The number of carboxylic acid groups (broad SMARTS) is 1. The largest absolute Gasteiger partial charge is 0.481 e. The van der Waals surface area contributed by atoms with Crippen LogP contribution < -0.4 is 60.2 Å². The molecule has 0 saturated carbocycles. The molecule has 9 amide bonds. The number of carbonyl (C=O) groups excluding carboxylic acids is 9. The summed E-state index contributed by atoms with van der Waals surface area (Å²) in [7, 11) is 0. The maximum atomic E-state index is 14.4. The van der Waals surface area contributed by atoms with E-state index in [1.165, 1.54) is 0 Å². The molecule has 1 aromatic rings. The average molecular weight is 984 g/mol.